The van der Waals surface area contributed by atoms with Gasteiger partial charge in [0.2, 0.25) is 0 Å². The summed E-state index contributed by atoms with van der Waals surface area (Å²) in [5, 5.41) is 15.6. The van der Waals surface area contributed by atoms with E-state index in [-0.39, 0.29) is 29.4 Å². The Kier molecular flexibility index (Phi) is 9.74. The molecule has 0 radical (unpaired) electrons. The number of ether oxygens (including phenoxy) is 1. The van der Waals surface area contributed by atoms with Crippen molar-refractivity contribution in [1.29, 1.82) is 0 Å². The van der Waals surface area contributed by atoms with Gasteiger partial charge in [-0.3, -0.25) is 0 Å². The minimum Gasteiger partial charge on any atom is -0.378 e. The Bertz CT molecular complexity index is 834. The number of benzene rings is 1. The van der Waals surface area contributed by atoms with Gasteiger partial charge in [-0.05, 0) is 38.7 Å². The molecule has 0 aliphatic heterocycles. The Morgan fingerprint density at radius 3 is 2.48 bits per heavy atom. The van der Waals surface area contributed by atoms with Crippen molar-refractivity contribution < 1.29 is 4.74 Å². The third-order valence-electron chi connectivity index (χ3n) is 6.64. The molecule has 1 fully saturated rings. The molecule has 8 heteroatoms. The molecule has 0 saturated heterocycles. The Morgan fingerprint density at radius 1 is 1.19 bits per heavy atom. The van der Waals surface area contributed by atoms with Crippen molar-refractivity contribution in [1.82, 2.24) is 25.4 Å². The molecule has 1 aromatic carbocycles. The predicted molar refractivity (Wildman–Crippen MR) is 136 cm³/mol. The van der Waals surface area contributed by atoms with E-state index >= 15 is 0 Å². The Balaban J connectivity index is 0.00000341. The number of halogens is 1. The second-order valence-electron chi connectivity index (χ2n) is 8.04. The monoisotopic (exact) mass is 540 g/mol. The highest BCUT2D eigenvalue weighted by Gasteiger charge is 2.53. The Labute approximate surface area is 203 Å². The van der Waals surface area contributed by atoms with Gasteiger partial charge in [0.25, 0.3) is 0 Å². The quantitative estimate of drug-likeness (QED) is 0.286. The van der Waals surface area contributed by atoms with Gasteiger partial charge >= 0.3 is 0 Å². The van der Waals surface area contributed by atoms with Crippen molar-refractivity contribution in [2.75, 3.05) is 6.61 Å². The molecule has 1 aromatic heterocycles. The van der Waals surface area contributed by atoms with Gasteiger partial charge in [0.1, 0.15) is 5.82 Å². The third-order valence-corrected chi connectivity index (χ3v) is 6.64. The highest BCUT2D eigenvalue weighted by molar-refractivity contribution is 14.0. The van der Waals surface area contributed by atoms with E-state index in [1.54, 1.807) is 0 Å². The molecule has 1 heterocycles. The van der Waals surface area contributed by atoms with Gasteiger partial charge in [-0.25, -0.2) is 4.99 Å². The number of aromatic nitrogens is 3. The van der Waals surface area contributed by atoms with Gasteiger partial charge in [0.05, 0.1) is 19.2 Å². The summed E-state index contributed by atoms with van der Waals surface area (Å²) in [5.41, 5.74) is 1.33. The second-order valence-corrected chi connectivity index (χ2v) is 8.04. The molecule has 7 nitrogen and oxygen atoms in total. The molecule has 2 aromatic rings. The molecule has 1 saturated carbocycles. The molecule has 2 N–H and O–H groups in total. The molecule has 1 aliphatic rings. The largest absolute Gasteiger partial charge is 0.378 e. The standard InChI is InChI=1S/C23H36N6O.HI/c1-6-23(7-2)19(14-20(23)30-8-3)26-22(24-15-18-12-10-9-11-13-18)25-16-21-28-27-17(4)29(21)5;/h9-13,19-20H,6-8,14-16H2,1-5H3,(H2,24,25,26);1H. The van der Waals surface area contributed by atoms with E-state index in [0.717, 1.165) is 43.5 Å². The molecule has 3 rings (SSSR count). The average Bonchev–Trinajstić information content (AvgIpc) is 3.08. The molecule has 0 spiro atoms. The van der Waals surface area contributed by atoms with Crippen LogP contribution in [-0.2, 0) is 24.9 Å². The lowest BCUT2D eigenvalue weighted by atomic mass is 9.58. The maximum Gasteiger partial charge on any atom is 0.192 e. The maximum atomic E-state index is 6.04. The van der Waals surface area contributed by atoms with Crippen molar-refractivity contribution in [2.24, 2.45) is 17.5 Å². The summed E-state index contributed by atoms with van der Waals surface area (Å²) in [6.07, 6.45) is 3.48. The summed E-state index contributed by atoms with van der Waals surface area (Å²) in [7, 11) is 1.98. The van der Waals surface area contributed by atoms with Crippen LogP contribution in [0.25, 0.3) is 0 Å². The van der Waals surface area contributed by atoms with E-state index in [1.807, 2.05) is 36.7 Å². The fraction of sp³-hybridized carbons (Fsp3) is 0.609. The van der Waals surface area contributed by atoms with Crippen LogP contribution in [0.5, 0.6) is 0 Å². The maximum absolute atomic E-state index is 6.04. The van der Waals surface area contributed by atoms with E-state index in [9.17, 15) is 0 Å². The number of nitrogens with one attached hydrogen (secondary N) is 2. The summed E-state index contributed by atoms with van der Waals surface area (Å²) in [6, 6.07) is 10.7. The zero-order chi connectivity index (χ0) is 21.6. The number of nitrogens with zero attached hydrogens (tertiary/aromatic N) is 4. The number of guanidine groups is 1. The molecule has 0 bridgehead atoms. The highest BCUT2D eigenvalue weighted by Crippen LogP contribution is 2.48. The van der Waals surface area contributed by atoms with Crippen LogP contribution < -0.4 is 10.6 Å². The number of aliphatic imine (C=N–C) groups is 1. The summed E-state index contributed by atoms with van der Waals surface area (Å²) in [5.74, 6) is 2.60. The van der Waals surface area contributed by atoms with Crippen LogP contribution in [0.3, 0.4) is 0 Å². The van der Waals surface area contributed by atoms with Crippen LogP contribution in [-0.4, -0.2) is 39.5 Å². The van der Waals surface area contributed by atoms with E-state index in [1.165, 1.54) is 5.56 Å². The lowest BCUT2D eigenvalue weighted by Crippen LogP contribution is -2.65. The van der Waals surface area contributed by atoms with Crippen LogP contribution >= 0.6 is 24.0 Å². The number of aryl methyl sites for hydroxylation is 1. The molecule has 172 valence electrons. The fourth-order valence-electron chi connectivity index (χ4n) is 4.42. The average molecular weight is 540 g/mol. The summed E-state index contributed by atoms with van der Waals surface area (Å²) in [4.78, 5) is 4.87. The molecular formula is C23H37IN6O. The first-order valence-corrected chi connectivity index (χ1v) is 11.1. The number of rotatable bonds is 9. The number of hydrogen-bond acceptors (Lipinski definition) is 4. The van der Waals surface area contributed by atoms with Crippen molar-refractivity contribution in [3.8, 4) is 0 Å². The van der Waals surface area contributed by atoms with E-state index in [4.69, 9.17) is 9.73 Å². The van der Waals surface area contributed by atoms with Gasteiger partial charge in [0, 0.05) is 25.1 Å². The highest BCUT2D eigenvalue weighted by atomic mass is 127. The molecule has 2 unspecified atom stereocenters. The first-order valence-electron chi connectivity index (χ1n) is 11.1. The molecule has 0 amide bonds. The fourth-order valence-corrected chi connectivity index (χ4v) is 4.42. The minimum absolute atomic E-state index is 0. The van der Waals surface area contributed by atoms with Gasteiger partial charge in [-0.1, -0.05) is 44.2 Å². The van der Waals surface area contributed by atoms with Crippen molar-refractivity contribution in [2.45, 2.75) is 72.2 Å². The van der Waals surface area contributed by atoms with Crippen LogP contribution in [0.15, 0.2) is 35.3 Å². The molecule has 2 atom stereocenters. The zero-order valence-electron chi connectivity index (χ0n) is 19.4. The summed E-state index contributed by atoms with van der Waals surface area (Å²) < 4.78 is 8.04. The van der Waals surface area contributed by atoms with Crippen molar-refractivity contribution in [3.63, 3.8) is 0 Å². The van der Waals surface area contributed by atoms with E-state index in [2.05, 4.69) is 53.7 Å². The van der Waals surface area contributed by atoms with Gasteiger partial charge in [0.15, 0.2) is 11.8 Å². The smallest absolute Gasteiger partial charge is 0.192 e. The zero-order valence-corrected chi connectivity index (χ0v) is 21.7. The second kappa shape index (κ2) is 11.8. The first-order chi connectivity index (χ1) is 14.5. The molecule has 1 aliphatic carbocycles. The Morgan fingerprint density at radius 2 is 1.90 bits per heavy atom. The van der Waals surface area contributed by atoms with E-state index in [0.29, 0.717) is 25.2 Å². The SMILES string of the molecule is CCOC1CC(NC(=NCc2ccccc2)NCc2nnc(C)n2C)C1(CC)CC.I. The summed E-state index contributed by atoms with van der Waals surface area (Å²) >= 11 is 0. The van der Waals surface area contributed by atoms with E-state index < -0.39 is 0 Å². The van der Waals surface area contributed by atoms with Crippen LogP contribution in [0.4, 0.5) is 0 Å². The summed E-state index contributed by atoms with van der Waals surface area (Å²) in [6.45, 7) is 10.5. The Hall–Kier alpha value is -1.68. The van der Waals surface area contributed by atoms with Crippen LogP contribution in [0.1, 0.15) is 57.2 Å². The lowest BCUT2D eigenvalue weighted by molar-refractivity contribution is -0.133. The van der Waals surface area contributed by atoms with Gasteiger partial charge in [-0.2, -0.15) is 0 Å². The number of hydrogen-bond donors (Lipinski definition) is 2. The van der Waals surface area contributed by atoms with Crippen molar-refractivity contribution >= 4 is 29.9 Å². The van der Waals surface area contributed by atoms with Gasteiger partial charge < -0.3 is 19.9 Å². The first kappa shape index (κ1) is 25.6. The van der Waals surface area contributed by atoms with Crippen LogP contribution in [0, 0.1) is 12.3 Å². The normalized spacial score (nSPS) is 20.0. The molecule has 31 heavy (non-hydrogen) atoms. The van der Waals surface area contributed by atoms with Crippen molar-refractivity contribution in [3.05, 3.63) is 47.5 Å². The predicted octanol–water partition coefficient (Wildman–Crippen LogP) is 3.96. The van der Waals surface area contributed by atoms with Crippen LogP contribution in [0.2, 0.25) is 0 Å². The molecular weight excluding hydrogens is 503 g/mol. The lowest BCUT2D eigenvalue weighted by Gasteiger charge is -2.55. The minimum atomic E-state index is 0. The third kappa shape index (κ3) is 5.77. The van der Waals surface area contributed by atoms with Gasteiger partial charge in [-0.15, -0.1) is 34.2 Å². The topological polar surface area (TPSA) is 76.4 Å².